The van der Waals surface area contributed by atoms with Crippen LogP contribution in [0.25, 0.3) is 33.0 Å². The molecule has 3 aromatic rings. The Morgan fingerprint density at radius 3 is 2.32 bits per heavy atom. The van der Waals surface area contributed by atoms with Crippen molar-refractivity contribution in [2.75, 3.05) is 0 Å². The molecule has 3 aromatic carbocycles. The highest BCUT2D eigenvalue weighted by atomic mass is 127. The lowest BCUT2D eigenvalue weighted by Crippen LogP contribution is -1.99. The number of hydrogen-bond acceptors (Lipinski definition) is 1. The van der Waals surface area contributed by atoms with Gasteiger partial charge in [0.15, 0.2) is 0 Å². The highest BCUT2D eigenvalue weighted by Crippen LogP contribution is 2.41. The molecule has 0 heterocycles. The maximum absolute atomic E-state index is 10.2. The molecule has 0 spiro atoms. The van der Waals surface area contributed by atoms with Crippen molar-refractivity contribution in [3.05, 3.63) is 75.9 Å². The van der Waals surface area contributed by atoms with Crippen LogP contribution in [0.3, 0.4) is 0 Å². The van der Waals surface area contributed by atoms with Crippen LogP contribution in [0.5, 0.6) is 5.75 Å². The maximum atomic E-state index is 10.2. The molecule has 25 heavy (non-hydrogen) atoms. The van der Waals surface area contributed by atoms with Crippen LogP contribution in [0.4, 0.5) is 0 Å². The number of allylic oxidation sites excluding steroid dienone is 2. The normalized spacial score (nSPS) is 10.9. The van der Waals surface area contributed by atoms with E-state index in [1.165, 1.54) is 5.56 Å². The fraction of sp³-hybridized carbons (Fsp3) is 0.130. The summed E-state index contributed by atoms with van der Waals surface area (Å²) in [6, 6.07) is 14.0. The van der Waals surface area contributed by atoms with Gasteiger partial charge in [-0.15, -0.1) is 0 Å². The number of hydrogen-bond donors (Lipinski definition) is 1. The number of halogens is 1. The van der Waals surface area contributed by atoms with Gasteiger partial charge in [0, 0.05) is 3.57 Å². The predicted molar refractivity (Wildman–Crippen MR) is 118 cm³/mol. The summed E-state index contributed by atoms with van der Waals surface area (Å²) in [6.45, 7) is 14.5. The van der Waals surface area contributed by atoms with E-state index in [1.807, 2.05) is 44.2 Å². The summed E-state index contributed by atoms with van der Waals surface area (Å²) < 4.78 is 1.15. The molecule has 126 valence electrons. The first-order valence-corrected chi connectivity index (χ1v) is 9.26. The second-order valence-corrected chi connectivity index (χ2v) is 7.72. The molecule has 0 aliphatic heterocycles. The third-order valence-corrected chi connectivity index (χ3v) is 5.38. The van der Waals surface area contributed by atoms with E-state index in [4.69, 9.17) is 0 Å². The zero-order valence-electron chi connectivity index (χ0n) is 14.8. The second kappa shape index (κ2) is 6.68. The second-order valence-electron chi connectivity index (χ2n) is 6.56. The highest BCUT2D eigenvalue weighted by Gasteiger charge is 2.18. The molecule has 1 N–H and O–H groups in total. The molecule has 0 fully saturated rings. The average Bonchev–Trinajstić information content (AvgIpc) is 2.53. The minimum atomic E-state index is 0.282. The molecule has 2 heteroatoms. The third-order valence-electron chi connectivity index (χ3n) is 4.53. The standard InChI is InChI=1S/C23H21IO/c1-13(2)19-12-21(24)23(15(5)22(19)14(3)4)20-11-17(25)10-16-8-6-7-9-18(16)20/h6-12,25H,1,3H2,2,4-5H3. The van der Waals surface area contributed by atoms with Gasteiger partial charge in [0.2, 0.25) is 0 Å². The first kappa shape index (κ1) is 17.7. The number of benzene rings is 3. The van der Waals surface area contributed by atoms with Gasteiger partial charge in [0.25, 0.3) is 0 Å². The zero-order chi connectivity index (χ0) is 18.3. The van der Waals surface area contributed by atoms with Crippen LogP contribution in [0.15, 0.2) is 55.6 Å². The summed E-state index contributed by atoms with van der Waals surface area (Å²) >= 11 is 2.38. The number of phenolic OH excluding ortho intramolecular Hbond substituents is 1. The quantitative estimate of drug-likeness (QED) is 0.428. The van der Waals surface area contributed by atoms with Gasteiger partial charge >= 0.3 is 0 Å². The summed E-state index contributed by atoms with van der Waals surface area (Å²) in [4.78, 5) is 0. The fourth-order valence-corrected chi connectivity index (χ4v) is 4.50. The van der Waals surface area contributed by atoms with Crippen LogP contribution < -0.4 is 0 Å². The van der Waals surface area contributed by atoms with Crippen LogP contribution in [0.2, 0.25) is 0 Å². The zero-order valence-corrected chi connectivity index (χ0v) is 16.9. The van der Waals surface area contributed by atoms with Gasteiger partial charge in [-0.25, -0.2) is 0 Å². The lowest BCUT2D eigenvalue weighted by atomic mass is 9.86. The van der Waals surface area contributed by atoms with E-state index in [2.05, 4.69) is 54.8 Å². The Labute approximate surface area is 162 Å². The van der Waals surface area contributed by atoms with Crippen molar-refractivity contribution < 1.29 is 5.11 Å². The largest absolute Gasteiger partial charge is 0.508 e. The van der Waals surface area contributed by atoms with Crippen molar-refractivity contribution in [1.82, 2.24) is 0 Å². The Bertz CT molecular complexity index is 1030. The van der Waals surface area contributed by atoms with Gasteiger partial charge in [-0.1, -0.05) is 48.6 Å². The minimum absolute atomic E-state index is 0.282. The van der Waals surface area contributed by atoms with Gasteiger partial charge in [0.1, 0.15) is 5.75 Å². The number of aromatic hydroxyl groups is 1. The SMILES string of the molecule is C=C(C)c1cc(I)c(-c2cc(O)cc3ccccc23)c(C)c1C(=C)C. The molecular weight excluding hydrogens is 419 g/mol. The van der Waals surface area contributed by atoms with Crippen LogP contribution in [-0.2, 0) is 0 Å². The molecule has 0 bridgehead atoms. The number of fused-ring (bicyclic) bond motifs is 1. The predicted octanol–water partition coefficient (Wildman–Crippen LogP) is 7.19. The Balaban J connectivity index is 2.46. The summed E-state index contributed by atoms with van der Waals surface area (Å²) in [5.74, 6) is 0.282. The topological polar surface area (TPSA) is 20.2 Å². The molecule has 1 nitrogen and oxygen atoms in total. The van der Waals surface area contributed by atoms with Gasteiger partial charge in [-0.05, 0) is 100 Å². The van der Waals surface area contributed by atoms with Crippen molar-refractivity contribution in [3.8, 4) is 16.9 Å². The van der Waals surface area contributed by atoms with Crippen LogP contribution in [0, 0.1) is 10.5 Å². The van der Waals surface area contributed by atoms with Gasteiger partial charge in [0.05, 0.1) is 0 Å². The Hall–Kier alpha value is -2.07. The highest BCUT2D eigenvalue weighted by molar-refractivity contribution is 14.1. The van der Waals surface area contributed by atoms with Crippen molar-refractivity contribution in [1.29, 1.82) is 0 Å². The fourth-order valence-electron chi connectivity index (χ4n) is 3.50. The Morgan fingerprint density at radius 2 is 1.68 bits per heavy atom. The molecule has 0 aromatic heterocycles. The molecular formula is C23H21IO. The van der Waals surface area contributed by atoms with E-state index >= 15 is 0 Å². The molecule has 0 saturated heterocycles. The molecule has 0 amide bonds. The monoisotopic (exact) mass is 440 g/mol. The maximum Gasteiger partial charge on any atom is 0.116 e. The molecule has 0 aliphatic carbocycles. The van der Waals surface area contributed by atoms with Crippen molar-refractivity contribution >= 4 is 44.5 Å². The molecule has 0 aliphatic rings. The molecule has 0 unspecified atom stereocenters. The first-order valence-electron chi connectivity index (χ1n) is 8.18. The van der Waals surface area contributed by atoms with Gasteiger partial charge in [-0.2, -0.15) is 0 Å². The average molecular weight is 440 g/mol. The van der Waals surface area contributed by atoms with E-state index < -0.39 is 0 Å². The molecule has 0 saturated carbocycles. The summed E-state index contributed by atoms with van der Waals surface area (Å²) in [6.07, 6.45) is 0. The minimum Gasteiger partial charge on any atom is -0.508 e. The summed E-state index contributed by atoms with van der Waals surface area (Å²) in [5, 5.41) is 12.4. The summed E-state index contributed by atoms with van der Waals surface area (Å²) in [7, 11) is 0. The van der Waals surface area contributed by atoms with E-state index in [1.54, 1.807) is 0 Å². The molecule has 3 rings (SSSR count). The Kier molecular flexibility index (Phi) is 4.74. The van der Waals surface area contributed by atoms with Gasteiger partial charge in [-0.3, -0.25) is 0 Å². The lowest BCUT2D eigenvalue weighted by Gasteiger charge is -2.20. The number of phenols is 1. The molecule has 0 atom stereocenters. The first-order chi connectivity index (χ1) is 11.8. The van der Waals surface area contributed by atoms with Crippen molar-refractivity contribution in [3.63, 3.8) is 0 Å². The van der Waals surface area contributed by atoms with Crippen molar-refractivity contribution in [2.24, 2.45) is 0 Å². The third kappa shape index (κ3) is 3.11. The van der Waals surface area contributed by atoms with Crippen LogP contribution >= 0.6 is 22.6 Å². The van der Waals surface area contributed by atoms with E-state index in [0.29, 0.717) is 0 Å². The lowest BCUT2D eigenvalue weighted by molar-refractivity contribution is 0.476. The number of rotatable bonds is 3. The van der Waals surface area contributed by atoms with Crippen molar-refractivity contribution in [2.45, 2.75) is 20.8 Å². The smallest absolute Gasteiger partial charge is 0.116 e. The van der Waals surface area contributed by atoms with Gasteiger partial charge < -0.3 is 5.11 Å². The molecule has 0 radical (unpaired) electrons. The summed E-state index contributed by atoms with van der Waals surface area (Å²) in [5.41, 5.74) is 7.72. The van der Waals surface area contributed by atoms with Crippen LogP contribution in [-0.4, -0.2) is 5.11 Å². The Morgan fingerprint density at radius 1 is 1.00 bits per heavy atom. The van der Waals surface area contributed by atoms with E-state index in [9.17, 15) is 5.11 Å². The van der Waals surface area contributed by atoms with E-state index in [0.717, 1.165) is 47.7 Å². The van der Waals surface area contributed by atoms with Crippen LogP contribution in [0.1, 0.15) is 30.5 Å². The van der Waals surface area contributed by atoms with E-state index in [-0.39, 0.29) is 5.75 Å².